The highest BCUT2D eigenvalue weighted by molar-refractivity contribution is 6.15. The lowest BCUT2D eigenvalue weighted by Crippen LogP contribution is -2.36. The fourth-order valence-electron chi connectivity index (χ4n) is 3.22. The smallest absolute Gasteiger partial charge is 0.129 e. The van der Waals surface area contributed by atoms with E-state index in [9.17, 15) is 5.11 Å². The van der Waals surface area contributed by atoms with Crippen LogP contribution in [0.25, 0.3) is 0 Å². The zero-order chi connectivity index (χ0) is 14.9. The van der Waals surface area contributed by atoms with Crippen molar-refractivity contribution in [2.75, 3.05) is 18.0 Å². The summed E-state index contributed by atoms with van der Waals surface area (Å²) in [5.74, 6) is 0.983. The molecule has 1 saturated heterocycles. The van der Waals surface area contributed by atoms with Crippen LogP contribution in [0.4, 0.5) is 5.82 Å². The van der Waals surface area contributed by atoms with Gasteiger partial charge in [0.15, 0.2) is 0 Å². The second kappa shape index (κ2) is 5.54. The van der Waals surface area contributed by atoms with Crippen LogP contribution in [-0.4, -0.2) is 35.0 Å². The molecule has 22 heavy (non-hydrogen) atoms. The van der Waals surface area contributed by atoms with Gasteiger partial charge < -0.3 is 10.0 Å². The Bertz CT molecular complexity index is 718. The van der Waals surface area contributed by atoms with Gasteiger partial charge in [-0.2, -0.15) is 0 Å². The van der Waals surface area contributed by atoms with Crippen LogP contribution in [0.3, 0.4) is 0 Å². The summed E-state index contributed by atoms with van der Waals surface area (Å²) in [6, 6.07) is 12.6. The van der Waals surface area contributed by atoms with E-state index in [-0.39, 0.29) is 6.10 Å². The summed E-state index contributed by atoms with van der Waals surface area (Å²) in [5.41, 5.74) is 4.71. The first-order valence-corrected chi connectivity index (χ1v) is 7.83. The zero-order valence-corrected chi connectivity index (χ0v) is 12.4. The van der Waals surface area contributed by atoms with Gasteiger partial charge in [-0.25, -0.2) is 4.98 Å². The third kappa shape index (κ3) is 2.40. The number of aliphatic hydroxyl groups is 1. The molecular weight excluding hydrogens is 274 g/mol. The summed E-state index contributed by atoms with van der Waals surface area (Å²) in [7, 11) is 0. The highest BCUT2D eigenvalue weighted by Gasteiger charge is 2.20. The number of fused-ring (bicyclic) bond motifs is 1. The number of pyridine rings is 1. The van der Waals surface area contributed by atoms with Crippen LogP contribution in [0.5, 0.6) is 0 Å². The van der Waals surface area contributed by atoms with Gasteiger partial charge in [-0.05, 0) is 30.5 Å². The molecule has 0 radical (unpaired) electrons. The summed E-state index contributed by atoms with van der Waals surface area (Å²) in [6.45, 7) is 2.49. The van der Waals surface area contributed by atoms with E-state index < -0.39 is 0 Å². The summed E-state index contributed by atoms with van der Waals surface area (Å²) in [6.07, 6.45) is 3.33. The van der Waals surface area contributed by atoms with Gasteiger partial charge >= 0.3 is 0 Å². The Morgan fingerprint density at radius 2 is 1.91 bits per heavy atom. The van der Waals surface area contributed by atoms with E-state index in [2.05, 4.69) is 40.2 Å². The van der Waals surface area contributed by atoms with Crippen molar-refractivity contribution >= 4 is 11.5 Å². The largest absolute Gasteiger partial charge is 0.393 e. The molecule has 1 aromatic heterocycles. The van der Waals surface area contributed by atoms with Crippen molar-refractivity contribution < 1.29 is 5.11 Å². The third-order valence-electron chi connectivity index (χ3n) is 4.49. The van der Waals surface area contributed by atoms with Crippen LogP contribution in [0.1, 0.15) is 29.5 Å². The molecule has 1 aromatic carbocycles. The number of anilines is 1. The Morgan fingerprint density at radius 3 is 2.77 bits per heavy atom. The van der Waals surface area contributed by atoms with Crippen LogP contribution in [0, 0.1) is 0 Å². The highest BCUT2D eigenvalue weighted by Crippen LogP contribution is 2.25. The second-order valence-electron chi connectivity index (χ2n) is 5.94. The maximum absolute atomic E-state index is 9.64. The number of hydrogen-bond donors (Lipinski definition) is 1. The molecule has 1 fully saturated rings. The summed E-state index contributed by atoms with van der Waals surface area (Å²) in [5, 5.41) is 9.64. The standard InChI is InChI=1S/C18H19N3O/c22-15-6-9-21(10-7-15)17-11-13(5-8-19-17)18-16-4-2-1-3-14(16)12-20-18/h1-5,8,11,15,22H,6-7,9-10,12H2. The molecule has 0 unspecified atom stereocenters. The van der Waals surface area contributed by atoms with Crippen LogP contribution in [0.15, 0.2) is 47.6 Å². The first-order chi connectivity index (χ1) is 10.8. The van der Waals surface area contributed by atoms with Gasteiger partial charge in [-0.15, -0.1) is 0 Å². The van der Waals surface area contributed by atoms with Gasteiger partial charge in [0.05, 0.1) is 18.4 Å². The predicted octanol–water partition coefficient (Wildman–Crippen LogP) is 2.39. The molecule has 1 N–H and O–H groups in total. The Balaban J connectivity index is 1.63. The normalized spacial score (nSPS) is 18.2. The van der Waals surface area contributed by atoms with Crippen molar-refractivity contribution in [3.8, 4) is 0 Å². The third-order valence-corrected chi connectivity index (χ3v) is 4.49. The number of rotatable bonds is 2. The monoisotopic (exact) mass is 293 g/mol. The van der Waals surface area contributed by atoms with Gasteiger partial charge in [-0.1, -0.05) is 24.3 Å². The lowest BCUT2D eigenvalue weighted by molar-refractivity contribution is 0.145. The van der Waals surface area contributed by atoms with E-state index in [1.165, 1.54) is 11.1 Å². The number of benzene rings is 1. The first kappa shape index (κ1) is 13.5. The molecule has 112 valence electrons. The molecule has 2 aromatic rings. The number of hydrogen-bond acceptors (Lipinski definition) is 4. The van der Waals surface area contributed by atoms with E-state index in [1.807, 2.05) is 12.3 Å². The summed E-state index contributed by atoms with van der Waals surface area (Å²) in [4.78, 5) is 11.5. The van der Waals surface area contributed by atoms with Gasteiger partial charge in [0.2, 0.25) is 0 Å². The van der Waals surface area contributed by atoms with E-state index in [4.69, 9.17) is 4.99 Å². The highest BCUT2D eigenvalue weighted by atomic mass is 16.3. The fraction of sp³-hybridized carbons (Fsp3) is 0.333. The zero-order valence-electron chi connectivity index (χ0n) is 12.4. The van der Waals surface area contributed by atoms with Crippen molar-refractivity contribution in [3.05, 3.63) is 59.3 Å². The van der Waals surface area contributed by atoms with Crippen molar-refractivity contribution in [2.45, 2.75) is 25.5 Å². The number of aliphatic imine (C=N–C) groups is 1. The molecule has 4 heteroatoms. The van der Waals surface area contributed by atoms with E-state index in [0.29, 0.717) is 0 Å². The Hall–Kier alpha value is -2.20. The Labute approximate surface area is 130 Å². The second-order valence-corrected chi connectivity index (χ2v) is 5.94. The SMILES string of the molecule is OC1CCN(c2cc(C3=NCc4ccccc43)ccn2)CC1. The lowest BCUT2D eigenvalue weighted by atomic mass is 10.0. The number of aliphatic hydroxyl groups excluding tert-OH is 1. The molecular formula is C18H19N3O. The molecule has 4 rings (SSSR count). The maximum Gasteiger partial charge on any atom is 0.129 e. The number of piperidine rings is 1. The number of aromatic nitrogens is 1. The summed E-state index contributed by atoms with van der Waals surface area (Å²) < 4.78 is 0. The summed E-state index contributed by atoms with van der Waals surface area (Å²) >= 11 is 0. The molecule has 0 atom stereocenters. The minimum Gasteiger partial charge on any atom is -0.393 e. The van der Waals surface area contributed by atoms with Gasteiger partial charge in [-0.3, -0.25) is 4.99 Å². The van der Waals surface area contributed by atoms with Gasteiger partial charge in [0.25, 0.3) is 0 Å². The molecule has 0 saturated carbocycles. The van der Waals surface area contributed by atoms with Gasteiger partial charge in [0.1, 0.15) is 5.82 Å². The topological polar surface area (TPSA) is 48.7 Å². The Morgan fingerprint density at radius 1 is 1.09 bits per heavy atom. The Kier molecular flexibility index (Phi) is 3.39. The van der Waals surface area contributed by atoms with Crippen LogP contribution < -0.4 is 4.90 Å². The maximum atomic E-state index is 9.64. The first-order valence-electron chi connectivity index (χ1n) is 7.83. The fourth-order valence-corrected chi connectivity index (χ4v) is 3.22. The minimum atomic E-state index is -0.162. The molecule has 2 aliphatic rings. The van der Waals surface area contributed by atoms with E-state index in [0.717, 1.165) is 49.6 Å². The van der Waals surface area contributed by atoms with E-state index >= 15 is 0 Å². The molecule has 0 bridgehead atoms. The predicted molar refractivity (Wildman–Crippen MR) is 87.5 cm³/mol. The van der Waals surface area contributed by atoms with Crippen molar-refractivity contribution in [3.63, 3.8) is 0 Å². The van der Waals surface area contributed by atoms with Crippen molar-refractivity contribution in [1.29, 1.82) is 0 Å². The molecule has 0 amide bonds. The van der Waals surface area contributed by atoms with Crippen LogP contribution in [-0.2, 0) is 6.54 Å². The molecule has 2 aliphatic heterocycles. The number of nitrogens with zero attached hydrogens (tertiary/aromatic N) is 3. The average Bonchev–Trinajstić information content (AvgIpc) is 3.00. The lowest BCUT2D eigenvalue weighted by Gasteiger charge is -2.30. The van der Waals surface area contributed by atoms with Crippen LogP contribution >= 0.6 is 0 Å². The minimum absolute atomic E-state index is 0.162. The van der Waals surface area contributed by atoms with Gasteiger partial charge in [0, 0.05) is 30.4 Å². The molecule has 4 nitrogen and oxygen atoms in total. The molecule has 0 aliphatic carbocycles. The quantitative estimate of drug-likeness (QED) is 0.925. The molecule has 3 heterocycles. The molecule has 0 spiro atoms. The van der Waals surface area contributed by atoms with Crippen LogP contribution in [0.2, 0.25) is 0 Å². The van der Waals surface area contributed by atoms with E-state index in [1.54, 1.807) is 0 Å². The van der Waals surface area contributed by atoms with Crippen molar-refractivity contribution in [1.82, 2.24) is 4.98 Å². The van der Waals surface area contributed by atoms with Crippen molar-refractivity contribution in [2.24, 2.45) is 4.99 Å². The average molecular weight is 293 g/mol.